The second kappa shape index (κ2) is 12.3. The van der Waals surface area contributed by atoms with Crippen molar-refractivity contribution in [2.24, 2.45) is 0 Å². The highest BCUT2D eigenvalue weighted by atomic mass is 31.2. The SMILES string of the molecule is O=C1OC(C(CO)OP(=O)(O)O)C(OCc2ccccc2OC(F)(F)F)=C1OCc1ccccc1OC(F)(F)F. The Kier molecular flexibility index (Phi) is 9.58. The third-order valence-corrected chi connectivity index (χ3v) is 5.39. The summed E-state index contributed by atoms with van der Waals surface area (Å²) in [4.78, 5) is 30.9. The highest BCUT2D eigenvalue weighted by Gasteiger charge is 2.45. The van der Waals surface area contributed by atoms with Gasteiger partial charge in [0.05, 0.1) is 6.61 Å². The van der Waals surface area contributed by atoms with Gasteiger partial charge in [0.2, 0.25) is 5.76 Å². The molecule has 220 valence electrons. The molecule has 3 rings (SSSR count). The molecule has 0 saturated carbocycles. The van der Waals surface area contributed by atoms with E-state index in [9.17, 15) is 40.8 Å². The molecule has 0 amide bonds. The molecular formula is C22H19F6O11P. The number of aliphatic hydroxyl groups is 1. The normalized spacial score (nSPS) is 16.9. The van der Waals surface area contributed by atoms with Crippen LogP contribution in [0.1, 0.15) is 11.1 Å². The fourth-order valence-corrected chi connectivity index (χ4v) is 3.87. The first-order valence-electron chi connectivity index (χ1n) is 10.8. The van der Waals surface area contributed by atoms with Crippen molar-refractivity contribution in [2.45, 2.75) is 38.1 Å². The van der Waals surface area contributed by atoms with Gasteiger partial charge >= 0.3 is 26.5 Å². The molecule has 1 aliphatic heterocycles. The standard InChI is InChI=1S/C22H19F6O11P/c23-21(24,25)37-14-7-3-1-5-12(14)10-34-18-17(16(9-29)39-40(31,32)33)36-20(30)19(18)35-11-13-6-2-4-8-15(13)38-22(26,27)28/h1-8,16-17,29H,9-11H2,(H2,31,32,33). The molecule has 1 aliphatic rings. The lowest BCUT2D eigenvalue weighted by atomic mass is 10.1. The van der Waals surface area contributed by atoms with E-state index in [1.165, 1.54) is 24.3 Å². The lowest BCUT2D eigenvalue weighted by Crippen LogP contribution is -2.34. The van der Waals surface area contributed by atoms with Gasteiger partial charge in [-0.1, -0.05) is 36.4 Å². The Morgan fingerprint density at radius 1 is 0.850 bits per heavy atom. The molecular weight excluding hydrogens is 585 g/mol. The number of alkyl halides is 6. The average molecular weight is 604 g/mol. The topological polar surface area (TPSA) is 150 Å². The molecule has 1 heterocycles. The number of phosphoric ester groups is 1. The minimum absolute atomic E-state index is 0.211. The van der Waals surface area contributed by atoms with Gasteiger partial charge in [0.15, 0.2) is 11.9 Å². The molecule has 18 heteroatoms. The van der Waals surface area contributed by atoms with Crippen LogP contribution in [0.2, 0.25) is 0 Å². The molecule has 11 nitrogen and oxygen atoms in total. The smallest absolute Gasteiger partial charge is 0.485 e. The number of phosphoric acid groups is 1. The molecule has 0 spiro atoms. The van der Waals surface area contributed by atoms with E-state index >= 15 is 0 Å². The number of esters is 1. The first kappa shape index (κ1) is 31.0. The third kappa shape index (κ3) is 9.02. The van der Waals surface area contributed by atoms with E-state index in [1.54, 1.807) is 0 Å². The quantitative estimate of drug-likeness (QED) is 0.184. The Morgan fingerprint density at radius 3 is 1.77 bits per heavy atom. The summed E-state index contributed by atoms with van der Waals surface area (Å²) in [5.41, 5.74) is -0.429. The van der Waals surface area contributed by atoms with Crippen molar-refractivity contribution < 1.29 is 78.8 Å². The van der Waals surface area contributed by atoms with Gasteiger partial charge in [0.25, 0.3) is 0 Å². The van der Waals surface area contributed by atoms with E-state index < -0.39 is 81.6 Å². The van der Waals surface area contributed by atoms with E-state index in [-0.39, 0.29) is 11.1 Å². The van der Waals surface area contributed by atoms with Crippen molar-refractivity contribution in [1.82, 2.24) is 0 Å². The van der Waals surface area contributed by atoms with Gasteiger partial charge < -0.3 is 38.6 Å². The van der Waals surface area contributed by atoms with Crippen molar-refractivity contribution in [1.29, 1.82) is 0 Å². The highest BCUT2D eigenvalue weighted by Crippen LogP contribution is 2.41. The molecule has 0 aliphatic carbocycles. The maximum absolute atomic E-state index is 12.8. The summed E-state index contributed by atoms with van der Waals surface area (Å²) in [5, 5.41) is 9.60. The Labute approximate surface area is 220 Å². The minimum atomic E-state index is -5.29. The van der Waals surface area contributed by atoms with Crippen LogP contribution in [0, 0.1) is 0 Å². The molecule has 2 atom stereocenters. The van der Waals surface area contributed by atoms with E-state index in [4.69, 9.17) is 24.0 Å². The molecule has 2 unspecified atom stereocenters. The number of halogens is 6. The van der Waals surface area contributed by atoms with Crippen molar-refractivity contribution in [3.63, 3.8) is 0 Å². The maximum atomic E-state index is 12.8. The highest BCUT2D eigenvalue weighted by molar-refractivity contribution is 7.46. The number of aliphatic hydroxyl groups excluding tert-OH is 1. The molecule has 0 radical (unpaired) electrons. The monoisotopic (exact) mass is 604 g/mol. The summed E-state index contributed by atoms with van der Waals surface area (Å²) in [6.07, 6.45) is -14.0. The summed E-state index contributed by atoms with van der Waals surface area (Å²) >= 11 is 0. The van der Waals surface area contributed by atoms with E-state index in [1.807, 2.05) is 0 Å². The lowest BCUT2D eigenvalue weighted by molar-refractivity contribution is -0.276. The van der Waals surface area contributed by atoms with E-state index in [2.05, 4.69) is 14.0 Å². The van der Waals surface area contributed by atoms with Crippen molar-refractivity contribution in [2.75, 3.05) is 6.61 Å². The number of carbonyl (C=O) groups excluding carboxylic acids is 1. The largest absolute Gasteiger partial charge is 0.573 e. The molecule has 2 aromatic carbocycles. The van der Waals surface area contributed by atoms with Gasteiger partial charge in [-0.3, -0.25) is 4.52 Å². The fourth-order valence-electron chi connectivity index (χ4n) is 3.34. The number of rotatable bonds is 12. The molecule has 0 saturated heterocycles. The molecule has 0 fully saturated rings. The van der Waals surface area contributed by atoms with Gasteiger partial charge in [-0.15, -0.1) is 26.3 Å². The van der Waals surface area contributed by atoms with E-state index in [0.717, 1.165) is 24.3 Å². The van der Waals surface area contributed by atoms with Crippen molar-refractivity contribution in [3.05, 3.63) is 71.2 Å². The van der Waals surface area contributed by atoms with Crippen LogP contribution in [0.25, 0.3) is 0 Å². The number of para-hydroxylation sites is 2. The van der Waals surface area contributed by atoms with Crippen LogP contribution in [0.15, 0.2) is 60.0 Å². The van der Waals surface area contributed by atoms with Crippen LogP contribution in [-0.2, 0) is 41.3 Å². The summed E-state index contributed by atoms with van der Waals surface area (Å²) in [6.45, 7) is -2.67. The minimum Gasteiger partial charge on any atom is -0.485 e. The zero-order valence-electron chi connectivity index (χ0n) is 19.7. The zero-order chi connectivity index (χ0) is 29.7. The Hall–Kier alpha value is -3.50. The molecule has 40 heavy (non-hydrogen) atoms. The lowest BCUT2D eigenvalue weighted by Gasteiger charge is -2.23. The third-order valence-electron chi connectivity index (χ3n) is 4.84. The van der Waals surface area contributed by atoms with Gasteiger partial charge in [0, 0.05) is 11.1 Å². The number of benzene rings is 2. The zero-order valence-corrected chi connectivity index (χ0v) is 20.6. The van der Waals surface area contributed by atoms with Crippen LogP contribution in [0.5, 0.6) is 11.5 Å². The van der Waals surface area contributed by atoms with Gasteiger partial charge in [-0.2, -0.15) is 0 Å². The second-order valence-corrected chi connectivity index (χ2v) is 8.92. The van der Waals surface area contributed by atoms with Crippen molar-refractivity contribution in [3.8, 4) is 11.5 Å². The summed E-state index contributed by atoms with van der Waals surface area (Å²) in [5.74, 6) is -4.23. The Balaban J connectivity index is 1.95. The summed E-state index contributed by atoms with van der Waals surface area (Å²) in [6, 6.07) is 9.35. The van der Waals surface area contributed by atoms with Crippen molar-refractivity contribution >= 4 is 13.8 Å². The predicted octanol–water partition coefficient (Wildman–Crippen LogP) is 3.82. The number of cyclic esters (lactones) is 1. The number of hydrogen-bond acceptors (Lipinski definition) is 9. The Morgan fingerprint density at radius 2 is 1.32 bits per heavy atom. The number of hydrogen-bond donors (Lipinski definition) is 3. The van der Waals surface area contributed by atoms with Gasteiger partial charge in [-0.25, -0.2) is 9.36 Å². The number of ether oxygens (including phenoxy) is 5. The van der Waals surface area contributed by atoms with Crippen LogP contribution in [0.3, 0.4) is 0 Å². The summed E-state index contributed by atoms with van der Waals surface area (Å²) < 4.78 is 116. The van der Waals surface area contributed by atoms with Crippen LogP contribution in [0.4, 0.5) is 26.3 Å². The summed E-state index contributed by atoms with van der Waals surface area (Å²) in [7, 11) is -5.29. The second-order valence-electron chi connectivity index (χ2n) is 7.72. The maximum Gasteiger partial charge on any atom is 0.573 e. The fraction of sp³-hybridized carbons (Fsp3) is 0.318. The molecule has 2 aromatic rings. The Bertz CT molecular complexity index is 1270. The predicted molar refractivity (Wildman–Crippen MR) is 117 cm³/mol. The van der Waals surface area contributed by atoms with Crippen LogP contribution in [-0.4, -0.2) is 52.4 Å². The molecule has 3 N–H and O–H groups in total. The first-order valence-corrected chi connectivity index (χ1v) is 12.3. The van der Waals surface area contributed by atoms with E-state index in [0.29, 0.717) is 0 Å². The first-order chi connectivity index (χ1) is 18.6. The van der Waals surface area contributed by atoms with Crippen LogP contribution >= 0.6 is 7.82 Å². The van der Waals surface area contributed by atoms with Gasteiger partial charge in [0.1, 0.15) is 30.8 Å². The molecule has 0 bridgehead atoms. The van der Waals surface area contributed by atoms with Crippen LogP contribution < -0.4 is 9.47 Å². The average Bonchev–Trinajstić information content (AvgIpc) is 3.13. The number of carbonyl (C=O) groups is 1. The molecule has 0 aromatic heterocycles. The van der Waals surface area contributed by atoms with Gasteiger partial charge in [-0.05, 0) is 12.1 Å².